The number of rotatable bonds is 3. The molecular weight excluding hydrogens is 228 g/mol. The van der Waals surface area contributed by atoms with Crippen LogP contribution in [0.1, 0.15) is 0 Å². The van der Waals surface area contributed by atoms with Gasteiger partial charge in [0.05, 0.1) is 14.5 Å². The molecule has 0 amide bonds. The molecule has 0 N–H and O–H groups in total. The van der Waals surface area contributed by atoms with Crippen LogP contribution in [0.5, 0.6) is 0 Å². The van der Waals surface area contributed by atoms with Crippen molar-refractivity contribution in [3.63, 3.8) is 0 Å². The molecule has 0 spiro atoms. The molecule has 0 heterocycles. The average Bonchev–Trinajstić information content (AvgIpc) is 2.28. The first-order chi connectivity index (χ1) is 6.47. The van der Waals surface area contributed by atoms with Crippen molar-refractivity contribution < 1.29 is 28.5 Å². The van der Waals surface area contributed by atoms with Gasteiger partial charge < -0.3 is 0 Å². The van der Waals surface area contributed by atoms with E-state index < -0.39 is 15.2 Å². The molecule has 0 aliphatic heterocycles. The highest BCUT2D eigenvalue weighted by atomic mass is 35.7. The SMILES string of the molecule is CSC1(O[Cl+3]([O-])([O-])[O-])C=CC=CC=C1. The second-order valence-electron chi connectivity index (χ2n) is 2.48. The van der Waals surface area contributed by atoms with E-state index in [2.05, 4.69) is 4.29 Å². The Kier molecular flexibility index (Phi) is 3.77. The predicted molar refractivity (Wildman–Crippen MR) is 44.8 cm³/mol. The van der Waals surface area contributed by atoms with Gasteiger partial charge in [0.15, 0.2) is 0 Å². The Labute approximate surface area is 88.3 Å². The highest BCUT2D eigenvalue weighted by Crippen LogP contribution is 2.31. The molecule has 6 heteroatoms. The molecule has 78 valence electrons. The van der Waals surface area contributed by atoms with Gasteiger partial charge in [0.1, 0.15) is 0 Å². The van der Waals surface area contributed by atoms with Gasteiger partial charge in [-0.1, -0.05) is 24.3 Å². The lowest BCUT2D eigenvalue weighted by molar-refractivity contribution is -1.92. The van der Waals surface area contributed by atoms with E-state index in [-0.39, 0.29) is 0 Å². The van der Waals surface area contributed by atoms with Crippen LogP contribution in [0.25, 0.3) is 0 Å². The number of thioether (sulfide) groups is 1. The minimum Gasteiger partial charge on any atom is -0.183 e. The summed E-state index contributed by atoms with van der Waals surface area (Å²) in [4.78, 5) is -1.23. The van der Waals surface area contributed by atoms with Crippen LogP contribution >= 0.6 is 11.8 Å². The lowest BCUT2D eigenvalue weighted by atomic mass is 10.3. The van der Waals surface area contributed by atoms with Gasteiger partial charge >= 0.3 is 4.93 Å². The predicted octanol–water partition coefficient (Wildman–Crippen LogP) is -1.36. The van der Waals surface area contributed by atoms with E-state index in [0.29, 0.717) is 0 Å². The van der Waals surface area contributed by atoms with E-state index in [4.69, 9.17) is 0 Å². The van der Waals surface area contributed by atoms with Crippen LogP contribution in [0.2, 0.25) is 0 Å². The number of allylic oxidation sites excluding steroid dienone is 4. The summed E-state index contributed by atoms with van der Waals surface area (Å²) in [5.41, 5.74) is 0. The number of halogens is 1. The topological polar surface area (TPSA) is 78.4 Å². The molecule has 14 heavy (non-hydrogen) atoms. The van der Waals surface area contributed by atoms with E-state index in [1.165, 1.54) is 12.2 Å². The smallest absolute Gasteiger partial charge is 0.183 e. The van der Waals surface area contributed by atoms with Gasteiger partial charge in [-0.25, -0.2) is 0 Å². The second-order valence-corrected chi connectivity index (χ2v) is 4.44. The third kappa shape index (κ3) is 3.45. The summed E-state index contributed by atoms with van der Waals surface area (Å²) >= 11 is 1.11. The molecule has 0 aromatic carbocycles. The van der Waals surface area contributed by atoms with E-state index in [0.717, 1.165) is 11.8 Å². The van der Waals surface area contributed by atoms with Crippen molar-refractivity contribution in [1.29, 1.82) is 0 Å². The highest BCUT2D eigenvalue weighted by Gasteiger charge is 2.41. The quantitative estimate of drug-likeness (QED) is 0.566. The van der Waals surface area contributed by atoms with Gasteiger partial charge in [0, 0.05) is 0 Å². The fourth-order valence-electron chi connectivity index (χ4n) is 0.930. The van der Waals surface area contributed by atoms with Crippen molar-refractivity contribution in [3.8, 4) is 0 Å². The number of hydrogen-bond acceptors (Lipinski definition) is 5. The number of hydrogen-bond donors (Lipinski definition) is 0. The second kappa shape index (κ2) is 4.48. The lowest BCUT2D eigenvalue weighted by Crippen LogP contribution is -2.63. The molecule has 0 fully saturated rings. The largest absolute Gasteiger partial charge is 0.306 e. The molecule has 0 atom stereocenters. The van der Waals surface area contributed by atoms with Crippen molar-refractivity contribution >= 4 is 11.8 Å². The van der Waals surface area contributed by atoms with Gasteiger partial charge in [-0.05, 0) is 18.4 Å². The summed E-state index contributed by atoms with van der Waals surface area (Å²) in [6, 6.07) is 0. The fraction of sp³-hybridized carbons (Fsp3) is 0.250. The first-order valence-electron chi connectivity index (χ1n) is 3.68. The molecule has 1 rings (SSSR count). The Morgan fingerprint density at radius 3 is 1.93 bits per heavy atom. The van der Waals surface area contributed by atoms with Crippen molar-refractivity contribution in [2.24, 2.45) is 0 Å². The monoisotopic (exact) mass is 236 g/mol. The zero-order valence-electron chi connectivity index (χ0n) is 7.38. The Balaban J connectivity index is 2.86. The minimum atomic E-state index is -4.44. The summed E-state index contributed by atoms with van der Waals surface area (Å²) < 4.78 is 35.8. The van der Waals surface area contributed by atoms with Gasteiger partial charge in [-0.15, -0.1) is 11.8 Å². The molecule has 0 aromatic heterocycles. The summed E-state index contributed by atoms with van der Waals surface area (Å²) in [6.45, 7) is 0. The molecular formula is C8H9ClO4S. The van der Waals surface area contributed by atoms with Crippen LogP contribution in [-0.4, -0.2) is 11.2 Å². The third-order valence-corrected chi connectivity index (χ3v) is 3.05. The van der Waals surface area contributed by atoms with Crippen molar-refractivity contribution in [1.82, 2.24) is 0 Å². The minimum absolute atomic E-state index is 1.11. The van der Waals surface area contributed by atoms with Crippen LogP contribution in [0.3, 0.4) is 0 Å². The standard InChI is InChI=1S/C8H9ClO4S/c1-14-8(13-9(10,11)12)6-4-2-3-5-7-8/h2-7H,1H3. The first kappa shape index (κ1) is 11.8. The van der Waals surface area contributed by atoms with Crippen LogP contribution in [0.15, 0.2) is 36.5 Å². The van der Waals surface area contributed by atoms with E-state index in [9.17, 15) is 14.0 Å². The first-order valence-corrected chi connectivity index (χ1v) is 6.14. The van der Waals surface area contributed by atoms with Crippen molar-refractivity contribution in [2.75, 3.05) is 6.26 Å². The Bertz CT molecular complexity index is 264. The van der Waals surface area contributed by atoms with E-state index in [1.807, 2.05) is 0 Å². The maximum absolute atomic E-state index is 10.5. The fourth-order valence-corrected chi connectivity index (χ4v) is 2.24. The van der Waals surface area contributed by atoms with Gasteiger partial charge in [-0.3, -0.25) is 0 Å². The molecule has 0 radical (unpaired) electrons. The molecule has 1 aliphatic carbocycles. The summed E-state index contributed by atoms with van der Waals surface area (Å²) in [5, 5.41) is 0. The Morgan fingerprint density at radius 1 is 1.07 bits per heavy atom. The normalized spacial score (nSPS) is 19.7. The van der Waals surface area contributed by atoms with Gasteiger partial charge in [0.25, 0.3) is 0 Å². The molecule has 4 nitrogen and oxygen atoms in total. The zero-order valence-corrected chi connectivity index (χ0v) is 8.96. The molecule has 0 saturated heterocycles. The van der Waals surface area contributed by atoms with Crippen LogP contribution in [0.4, 0.5) is 0 Å². The summed E-state index contributed by atoms with van der Waals surface area (Å²) in [5.74, 6) is 0. The summed E-state index contributed by atoms with van der Waals surface area (Å²) in [7, 11) is -4.44. The van der Waals surface area contributed by atoms with Crippen LogP contribution in [-0.2, 0) is 4.29 Å². The van der Waals surface area contributed by atoms with Crippen LogP contribution < -0.4 is 14.0 Å². The van der Waals surface area contributed by atoms with Crippen molar-refractivity contribution in [3.05, 3.63) is 36.5 Å². The third-order valence-electron chi connectivity index (χ3n) is 1.52. The molecule has 1 aliphatic rings. The van der Waals surface area contributed by atoms with Crippen LogP contribution in [0, 0.1) is 10.2 Å². The molecule has 0 saturated carbocycles. The molecule has 0 unspecified atom stereocenters. The zero-order chi connectivity index (χ0) is 10.7. The molecule has 0 bridgehead atoms. The summed E-state index contributed by atoms with van der Waals surface area (Å²) in [6.07, 6.45) is 11.3. The highest BCUT2D eigenvalue weighted by molar-refractivity contribution is 8.00. The van der Waals surface area contributed by atoms with Gasteiger partial charge in [-0.2, -0.15) is 14.0 Å². The van der Waals surface area contributed by atoms with E-state index >= 15 is 0 Å². The van der Waals surface area contributed by atoms with Gasteiger partial charge in [0.2, 0.25) is 0 Å². The average molecular weight is 237 g/mol. The Hall–Kier alpha value is -0.300. The maximum atomic E-state index is 10.5. The lowest BCUT2D eigenvalue weighted by Gasteiger charge is -2.22. The van der Waals surface area contributed by atoms with Crippen molar-refractivity contribution in [2.45, 2.75) is 4.93 Å². The Morgan fingerprint density at radius 2 is 1.57 bits per heavy atom. The van der Waals surface area contributed by atoms with E-state index in [1.54, 1.807) is 30.6 Å². The maximum Gasteiger partial charge on any atom is 0.306 e. The molecule has 0 aromatic rings.